The summed E-state index contributed by atoms with van der Waals surface area (Å²) in [5, 5.41) is 0. The van der Waals surface area contributed by atoms with Gasteiger partial charge in [0, 0.05) is 31.6 Å². The fraction of sp³-hybridized carbons (Fsp3) is 0.440. The number of piperidine rings is 1. The molecule has 0 bridgehead atoms. The van der Waals surface area contributed by atoms with E-state index >= 15 is 0 Å². The van der Waals surface area contributed by atoms with E-state index in [0.29, 0.717) is 19.0 Å². The average molecular weight is 393 g/mol. The zero-order valence-electron chi connectivity index (χ0n) is 17.6. The first-order valence-electron chi connectivity index (χ1n) is 10.6. The minimum absolute atomic E-state index is 0.00142. The Bertz CT molecular complexity index is 788. The molecule has 0 spiro atoms. The van der Waals surface area contributed by atoms with E-state index in [1.54, 1.807) is 0 Å². The molecule has 1 fully saturated rings. The van der Waals surface area contributed by atoms with Gasteiger partial charge in [0.15, 0.2) is 0 Å². The highest BCUT2D eigenvalue weighted by Crippen LogP contribution is 2.29. The molecule has 1 aliphatic carbocycles. The Kier molecular flexibility index (Phi) is 7.08. The molecular weight excluding hydrogens is 360 g/mol. The molecule has 1 aromatic rings. The van der Waals surface area contributed by atoms with E-state index in [0.717, 1.165) is 36.8 Å². The maximum absolute atomic E-state index is 13.2. The molecule has 0 N–H and O–H groups in total. The van der Waals surface area contributed by atoms with Gasteiger partial charge in [-0.2, -0.15) is 0 Å². The van der Waals surface area contributed by atoms with Crippen LogP contribution in [0.1, 0.15) is 44.2 Å². The summed E-state index contributed by atoms with van der Waals surface area (Å²) in [7, 11) is 1.89. The van der Waals surface area contributed by atoms with Gasteiger partial charge in [-0.3, -0.25) is 9.59 Å². The van der Waals surface area contributed by atoms with Crippen LogP contribution in [0.3, 0.4) is 0 Å². The summed E-state index contributed by atoms with van der Waals surface area (Å²) in [5.41, 5.74) is 2.01. The first kappa shape index (κ1) is 21.1. The largest absolute Gasteiger partial charge is 0.339 e. The zero-order valence-corrected chi connectivity index (χ0v) is 17.6. The monoisotopic (exact) mass is 392 g/mol. The number of likely N-dealkylation sites (tertiary alicyclic amines) is 1. The number of carbonyl (C=O) groups is 2. The minimum atomic E-state index is -0.0285. The van der Waals surface area contributed by atoms with E-state index in [9.17, 15) is 9.59 Å². The number of carbonyl (C=O) groups excluding carboxylic acids is 2. The van der Waals surface area contributed by atoms with E-state index in [2.05, 4.69) is 31.7 Å². The Balaban J connectivity index is 1.60. The van der Waals surface area contributed by atoms with Crippen molar-refractivity contribution in [1.82, 2.24) is 9.80 Å². The van der Waals surface area contributed by atoms with Crippen molar-refractivity contribution in [3.05, 3.63) is 72.4 Å². The molecular formula is C25H32N2O2. The summed E-state index contributed by atoms with van der Waals surface area (Å²) in [5.74, 6) is 0.682. The maximum Gasteiger partial charge on any atom is 0.249 e. The molecule has 2 amide bonds. The van der Waals surface area contributed by atoms with E-state index in [4.69, 9.17) is 0 Å². The number of allylic oxidation sites excluding steroid dienone is 3. The van der Waals surface area contributed by atoms with Gasteiger partial charge >= 0.3 is 0 Å². The lowest BCUT2D eigenvalue weighted by Gasteiger charge is -2.36. The van der Waals surface area contributed by atoms with Crippen molar-refractivity contribution in [1.29, 1.82) is 0 Å². The van der Waals surface area contributed by atoms with E-state index in [1.807, 2.05) is 53.3 Å². The van der Waals surface area contributed by atoms with Crippen LogP contribution < -0.4 is 0 Å². The second-order valence-corrected chi connectivity index (χ2v) is 8.22. The second kappa shape index (κ2) is 9.73. The van der Waals surface area contributed by atoms with Crippen LogP contribution in [0, 0.1) is 11.8 Å². The third-order valence-corrected chi connectivity index (χ3v) is 6.07. The van der Waals surface area contributed by atoms with Gasteiger partial charge in [-0.15, -0.1) is 6.58 Å². The predicted octanol–water partition coefficient (Wildman–Crippen LogP) is 4.52. The third kappa shape index (κ3) is 5.06. The predicted molar refractivity (Wildman–Crippen MR) is 117 cm³/mol. The molecule has 2 unspecified atom stereocenters. The van der Waals surface area contributed by atoms with Crippen molar-refractivity contribution in [3.8, 4) is 0 Å². The van der Waals surface area contributed by atoms with Gasteiger partial charge in [-0.1, -0.05) is 61.6 Å². The number of hydrogen-bond donors (Lipinski definition) is 0. The first-order chi connectivity index (χ1) is 14.0. The maximum atomic E-state index is 13.2. The van der Waals surface area contributed by atoms with Crippen molar-refractivity contribution < 1.29 is 9.59 Å². The van der Waals surface area contributed by atoms with Crippen molar-refractivity contribution in [2.24, 2.45) is 11.8 Å². The second-order valence-electron chi connectivity index (χ2n) is 8.22. The molecule has 29 heavy (non-hydrogen) atoms. The minimum Gasteiger partial charge on any atom is -0.339 e. The molecule has 154 valence electrons. The molecule has 2 aliphatic rings. The van der Waals surface area contributed by atoms with Crippen LogP contribution in [0.25, 0.3) is 0 Å². The molecule has 0 radical (unpaired) electrons. The third-order valence-electron chi connectivity index (χ3n) is 6.07. The van der Waals surface area contributed by atoms with Gasteiger partial charge in [-0.25, -0.2) is 0 Å². The van der Waals surface area contributed by atoms with Crippen LogP contribution in [-0.2, 0) is 9.59 Å². The number of nitrogens with zero attached hydrogens (tertiary/aromatic N) is 2. The molecule has 1 aliphatic heterocycles. The average Bonchev–Trinajstić information content (AvgIpc) is 2.76. The van der Waals surface area contributed by atoms with Gasteiger partial charge in [0.25, 0.3) is 0 Å². The van der Waals surface area contributed by atoms with Crippen molar-refractivity contribution >= 4 is 11.8 Å². The molecule has 1 saturated heterocycles. The zero-order chi connectivity index (χ0) is 20.8. The molecule has 1 aromatic carbocycles. The molecule has 0 saturated carbocycles. The van der Waals surface area contributed by atoms with Crippen LogP contribution in [0.15, 0.2) is 66.8 Å². The fourth-order valence-corrected chi connectivity index (χ4v) is 4.33. The topological polar surface area (TPSA) is 40.6 Å². The van der Waals surface area contributed by atoms with Gasteiger partial charge in [-0.05, 0) is 37.2 Å². The van der Waals surface area contributed by atoms with E-state index in [1.165, 1.54) is 0 Å². The van der Waals surface area contributed by atoms with Gasteiger partial charge in [0.05, 0.1) is 6.04 Å². The number of hydrogen-bond acceptors (Lipinski definition) is 2. The highest BCUT2D eigenvalue weighted by molar-refractivity contribution is 5.94. The van der Waals surface area contributed by atoms with Crippen LogP contribution >= 0.6 is 0 Å². The lowest BCUT2D eigenvalue weighted by Crippen LogP contribution is -2.44. The quantitative estimate of drug-likeness (QED) is 0.668. The van der Waals surface area contributed by atoms with Crippen LogP contribution in [0.5, 0.6) is 0 Å². The Labute approximate surface area is 174 Å². The van der Waals surface area contributed by atoms with E-state index in [-0.39, 0.29) is 23.8 Å². The van der Waals surface area contributed by atoms with E-state index < -0.39 is 0 Å². The summed E-state index contributed by atoms with van der Waals surface area (Å²) >= 11 is 0. The number of rotatable bonds is 6. The first-order valence-corrected chi connectivity index (χ1v) is 10.6. The Morgan fingerprint density at radius 2 is 1.93 bits per heavy atom. The smallest absolute Gasteiger partial charge is 0.249 e. The van der Waals surface area contributed by atoms with Crippen LogP contribution in [0.4, 0.5) is 0 Å². The summed E-state index contributed by atoms with van der Waals surface area (Å²) in [6.45, 7) is 7.29. The van der Waals surface area contributed by atoms with Crippen LogP contribution in [-0.4, -0.2) is 41.8 Å². The highest BCUT2D eigenvalue weighted by Gasteiger charge is 2.32. The summed E-state index contributed by atoms with van der Waals surface area (Å²) < 4.78 is 0. The van der Waals surface area contributed by atoms with Crippen molar-refractivity contribution in [2.75, 3.05) is 20.1 Å². The Morgan fingerprint density at radius 3 is 2.55 bits per heavy atom. The Morgan fingerprint density at radius 1 is 1.24 bits per heavy atom. The molecule has 0 aromatic heterocycles. The highest BCUT2D eigenvalue weighted by atomic mass is 16.2. The van der Waals surface area contributed by atoms with Gasteiger partial charge < -0.3 is 9.80 Å². The molecule has 3 rings (SSSR count). The number of amides is 2. The SMILES string of the molecule is C=CCC(c1ccccc1)N(C)C(=O)C1CCN(C(=O)C2=CC=CC(C)C2)CC1. The lowest BCUT2D eigenvalue weighted by atomic mass is 9.91. The lowest BCUT2D eigenvalue weighted by molar-refractivity contribution is -0.140. The number of benzene rings is 1. The standard InChI is InChI=1S/C25H32N2O2/c1-4-9-23(20-11-6-5-7-12-20)26(3)24(28)21-14-16-27(17-15-21)25(29)22-13-8-10-19(2)18-22/h4-8,10-13,19,21,23H,1,9,14-18H2,2-3H3. The fourth-order valence-electron chi connectivity index (χ4n) is 4.33. The molecule has 2 atom stereocenters. The normalized spacial score (nSPS) is 20.7. The Hall–Kier alpha value is -2.62. The molecule has 4 heteroatoms. The van der Waals surface area contributed by atoms with Gasteiger partial charge in [0.2, 0.25) is 11.8 Å². The molecule has 1 heterocycles. The van der Waals surface area contributed by atoms with Crippen molar-refractivity contribution in [2.45, 2.75) is 38.6 Å². The summed E-state index contributed by atoms with van der Waals surface area (Å²) in [6.07, 6.45) is 10.9. The summed E-state index contributed by atoms with van der Waals surface area (Å²) in [4.78, 5) is 29.8. The van der Waals surface area contributed by atoms with Crippen LogP contribution in [0.2, 0.25) is 0 Å². The van der Waals surface area contributed by atoms with Crippen molar-refractivity contribution in [3.63, 3.8) is 0 Å². The van der Waals surface area contributed by atoms with Gasteiger partial charge in [0.1, 0.15) is 0 Å². The summed E-state index contributed by atoms with van der Waals surface area (Å²) in [6, 6.07) is 10.1. The molecule has 4 nitrogen and oxygen atoms in total.